The Morgan fingerprint density at radius 3 is 2.88 bits per heavy atom. The fraction of sp³-hybridized carbons (Fsp3) is 0.286. The average Bonchev–Trinajstić information content (AvgIpc) is 2.89. The largest absolute Gasteiger partial charge is 0.497 e. The van der Waals surface area contributed by atoms with E-state index in [2.05, 4.69) is 23.6 Å². The monoisotopic (exact) mass is 247 g/mol. The summed E-state index contributed by atoms with van der Waals surface area (Å²) in [6.07, 6.45) is 2.00. The summed E-state index contributed by atoms with van der Waals surface area (Å²) in [4.78, 5) is 1.39. The number of nitrogens with two attached hydrogens (primary N) is 1. The van der Waals surface area contributed by atoms with Gasteiger partial charge in [-0.15, -0.1) is 11.3 Å². The second kappa shape index (κ2) is 5.84. The third kappa shape index (κ3) is 3.32. The summed E-state index contributed by atoms with van der Waals surface area (Å²) in [5, 5.41) is 2.10. The van der Waals surface area contributed by atoms with Gasteiger partial charge in [0.05, 0.1) is 7.11 Å². The topological polar surface area (TPSA) is 35.2 Å². The molecule has 1 atom stereocenters. The normalized spacial score (nSPS) is 12.4. The van der Waals surface area contributed by atoms with E-state index in [-0.39, 0.29) is 6.04 Å². The molecule has 0 aliphatic carbocycles. The lowest BCUT2D eigenvalue weighted by atomic mass is 10.0. The highest BCUT2D eigenvalue weighted by molar-refractivity contribution is 7.09. The molecule has 0 bridgehead atoms. The van der Waals surface area contributed by atoms with E-state index < -0.39 is 0 Å². The van der Waals surface area contributed by atoms with Crippen LogP contribution in [-0.2, 0) is 6.42 Å². The SMILES string of the molecule is COc1cccc(C(N)CCc2cccs2)c1. The van der Waals surface area contributed by atoms with Crippen LogP contribution in [0.2, 0.25) is 0 Å². The maximum Gasteiger partial charge on any atom is 0.119 e. The van der Waals surface area contributed by atoms with Gasteiger partial charge in [0.15, 0.2) is 0 Å². The van der Waals surface area contributed by atoms with Crippen LogP contribution in [0.1, 0.15) is 22.9 Å². The Hall–Kier alpha value is -1.32. The van der Waals surface area contributed by atoms with E-state index in [9.17, 15) is 0 Å². The third-order valence-electron chi connectivity index (χ3n) is 2.80. The molecule has 0 fully saturated rings. The van der Waals surface area contributed by atoms with E-state index in [0.717, 1.165) is 24.2 Å². The summed E-state index contributed by atoms with van der Waals surface area (Å²) in [6.45, 7) is 0. The van der Waals surface area contributed by atoms with Crippen molar-refractivity contribution in [3.05, 3.63) is 52.2 Å². The highest BCUT2D eigenvalue weighted by atomic mass is 32.1. The fourth-order valence-corrected chi connectivity index (χ4v) is 2.52. The van der Waals surface area contributed by atoms with Gasteiger partial charge in [-0.1, -0.05) is 18.2 Å². The molecule has 1 aromatic carbocycles. The van der Waals surface area contributed by atoms with Gasteiger partial charge in [0.1, 0.15) is 5.75 Å². The summed E-state index contributed by atoms with van der Waals surface area (Å²) < 4.78 is 5.20. The van der Waals surface area contributed by atoms with E-state index in [0.29, 0.717) is 0 Å². The predicted molar refractivity (Wildman–Crippen MR) is 72.6 cm³/mol. The van der Waals surface area contributed by atoms with Crippen LogP contribution in [-0.4, -0.2) is 7.11 Å². The number of aryl methyl sites for hydroxylation is 1. The van der Waals surface area contributed by atoms with Gasteiger partial charge >= 0.3 is 0 Å². The number of thiophene rings is 1. The van der Waals surface area contributed by atoms with Crippen molar-refractivity contribution >= 4 is 11.3 Å². The van der Waals surface area contributed by atoms with E-state index in [1.165, 1.54) is 4.88 Å². The van der Waals surface area contributed by atoms with Crippen LogP contribution in [0.3, 0.4) is 0 Å². The summed E-state index contributed by atoms with van der Waals surface area (Å²) >= 11 is 1.79. The molecule has 2 N–H and O–H groups in total. The van der Waals surface area contributed by atoms with Crippen LogP contribution in [0.5, 0.6) is 5.75 Å². The van der Waals surface area contributed by atoms with Crippen molar-refractivity contribution in [3.8, 4) is 5.75 Å². The Kier molecular flexibility index (Phi) is 4.18. The predicted octanol–water partition coefficient (Wildman–Crippen LogP) is 3.39. The fourth-order valence-electron chi connectivity index (χ4n) is 1.79. The number of hydrogen-bond donors (Lipinski definition) is 1. The molecular weight excluding hydrogens is 230 g/mol. The van der Waals surface area contributed by atoms with Crippen molar-refractivity contribution in [1.82, 2.24) is 0 Å². The van der Waals surface area contributed by atoms with Gasteiger partial charge in [-0.2, -0.15) is 0 Å². The van der Waals surface area contributed by atoms with Crippen LogP contribution in [0.25, 0.3) is 0 Å². The Balaban J connectivity index is 1.96. The van der Waals surface area contributed by atoms with Crippen molar-refractivity contribution in [3.63, 3.8) is 0 Å². The Bertz CT molecular complexity index is 453. The molecule has 17 heavy (non-hydrogen) atoms. The molecule has 0 spiro atoms. The third-order valence-corrected chi connectivity index (χ3v) is 3.74. The molecule has 0 saturated heterocycles. The minimum absolute atomic E-state index is 0.0761. The van der Waals surface area contributed by atoms with Crippen molar-refractivity contribution < 1.29 is 4.74 Å². The lowest BCUT2D eigenvalue weighted by Crippen LogP contribution is -2.11. The standard InChI is InChI=1S/C14H17NOS/c1-16-12-5-2-4-11(10-12)14(15)8-7-13-6-3-9-17-13/h2-6,9-10,14H,7-8,15H2,1H3. The van der Waals surface area contributed by atoms with Crippen LogP contribution >= 0.6 is 11.3 Å². The zero-order chi connectivity index (χ0) is 12.1. The smallest absolute Gasteiger partial charge is 0.119 e. The van der Waals surface area contributed by atoms with Crippen molar-refractivity contribution in [2.75, 3.05) is 7.11 Å². The molecule has 2 aromatic rings. The van der Waals surface area contributed by atoms with Gasteiger partial charge in [0, 0.05) is 10.9 Å². The lowest BCUT2D eigenvalue weighted by Gasteiger charge is -2.12. The Morgan fingerprint density at radius 1 is 1.29 bits per heavy atom. The van der Waals surface area contributed by atoms with Crippen molar-refractivity contribution in [2.24, 2.45) is 5.73 Å². The second-order valence-corrected chi connectivity index (χ2v) is 5.03. The summed E-state index contributed by atoms with van der Waals surface area (Å²) in [7, 11) is 1.68. The quantitative estimate of drug-likeness (QED) is 0.879. The van der Waals surface area contributed by atoms with Crippen LogP contribution in [0.15, 0.2) is 41.8 Å². The molecule has 0 aliphatic heterocycles. The summed E-state index contributed by atoms with van der Waals surface area (Å²) in [6, 6.07) is 12.3. The number of hydrogen-bond acceptors (Lipinski definition) is 3. The maximum atomic E-state index is 6.18. The molecule has 1 heterocycles. The number of rotatable bonds is 5. The Morgan fingerprint density at radius 2 is 2.18 bits per heavy atom. The molecule has 90 valence electrons. The summed E-state index contributed by atoms with van der Waals surface area (Å²) in [5.74, 6) is 0.870. The lowest BCUT2D eigenvalue weighted by molar-refractivity contribution is 0.413. The molecule has 2 rings (SSSR count). The van der Waals surface area contributed by atoms with E-state index >= 15 is 0 Å². The van der Waals surface area contributed by atoms with E-state index in [4.69, 9.17) is 10.5 Å². The van der Waals surface area contributed by atoms with Crippen molar-refractivity contribution in [1.29, 1.82) is 0 Å². The first-order valence-corrected chi connectivity index (χ1v) is 6.59. The zero-order valence-corrected chi connectivity index (χ0v) is 10.7. The molecule has 0 saturated carbocycles. The van der Waals surface area contributed by atoms with Gasteiger partial charge in [-0.25, -0.2) is 0 Å². The molecule has 0 aliphatic rings. The molecule has 0 radical (unpaired) electrons. The first kappa shape index (κ1) is 12.1. The zero-order valence-electron chi connectivity index (χ0n) is 9.93. The second-order valence-electron chi connectivity index (χ2n) is 4.00. The average molecular weight is 247 g/mol. The molecule has 2 nitrogen and oxygen atoms in total. The highest BCUT2D eigenvalue weighted by Gasteiger charge is 2.07. The van der Waals surface area contributed by atoms with E-state index in [1.807, 2.05) is 18.2 Å². The van der Waals surface area contributed by atoms with Crippen molar-refractivity contribution in [2.45, 2.75) is 18.9 Å². The molecule has 1 aromatic heterocycles. The molecule has 0 amide bonds. The van der Waals surface area contributed by atoms with Crippen LogP contribution in [0, 0.1) is 0 Å². The number of benzene rings is 1. The van der Waals surface area contributed by atoms with Gasteiger partial charge < -0.3 is 10.5 Å². The minimum Gasteiger partial charge on any atom is -0.497 e. The molecule has 1 unspecified atom stereocenters. The number of ether oxygens (including phenoxy) is 1. The van der Waals surface area contributed by atoms with Gasteiger partial charge in [-0.05, 0) is 42.0 Å². The van der Waals surface area contributed by atoms with Crippen LogP contribution < -0.4 is 10.5 Å². The van der Waals surface area contributed by atoms with E-state index in [1.54, 1.807) is 18.4 Å². The summed E-state index contributed by atoms with van der Waals surface area (Å²) in [5.41, 5.74) is 7.32. The Labute approximate surface area is 106 Å². The van der Waals surface area contributed by atoms with Gasteiger partial charge in [-0.3, -0.25) is 0 Å². The number of methoxy groups -OCH3 is 1. The first-order chi connectivity index (χ1) is 8.29. The molecular formula is C14H17NOS. The minimum atomic E-state index is 0.0761. The first-order valence-electron chi connectivity index (χ1n) is 5.71. The van der Waals surface area contributed by atoms with Crippen LogP contribution in [0.4, 0.5) is 0 Å². The van der Waals surface area contributed by atoms with Gasteiger partial charge in [0.25, 0.3) is 0 Å². The van der Waals surface area contributed by atoms with Gasteiger partial charge in [0.2, 0.25) is 0 Å². The highest BCUT2D eigenvalue weighted by Crippen LogP contribution is 2.22. The maximum absolute atomic E-state index is 6.18. The molecule has 3 heteroatoms.